The molecule has 0 aliphatic rings. The van der Waals surface area contributed by atoms with Crippen molar-refractivity contribution in [2.24, 2.45) is 0 Å². The van der Waals surface area contributed by atoms with E-state index in [9.17, 15) is 24.0 Å². The minimum absolute atomic E-state index is 0.0369. The van der Waals surface area contributed by atoms with Crippen molar-refractivity contribution in [1.82, 2.24) is 0 Å². The van der Waals surface area contributed by atoms with Crippen LogP contribution in [0.4, 0.5) is 26.7 Å². The van der Waals surface area contributed by atoms with Crippen LogP contribution in [0.5, 0.6) is 0 Å². The average molecular weight is 1140 g/mol. The molecule has 0 radical (unpaired) electrons. The van der Waals surface area contributed by atoms with Crippen molar-refractivity contribution in [3.63, 3.8) is 0 Å². The van der Waals surface area contributed by atoms with Gasteiger partial charge in [0.15, 0.2) is 11.6 Å². The van der Waals surface area contributed by atoms with Gasteiger partial charge in [-0.3, -0.25) is 25.0 Å². The molecule has 6 rings (SSSR count). The van der Waals surface area contributed by atoms with Gasteiger partial charge < -0.3 is 15.2 Å². The fraction of sp³-hybridized carbons (Fsp3) is 0.423. The van der Waals surface area contributed by atoms with Crippen LogP contribution >= 0.6 is 11.6 Å². The second-order valence-electron chi connectivity index (χ2n) is 24.3. The summed E-state index contributed by atoms with van der Waals surface area (Å²) in [6.45, 7) is 55.6. The van der Waals surface area contributed by atoms with Crippen LogP contribution in [0, 0.1) is 152 Å². The molecular formula is C71H94ClN3O7. The average Bonchev–Trinajstić information content (AvgIpc) is 3.52. The number of hydrogen-bond donors (Lipinski definition) is 3. The summed E-state index contributed by atoms with van der Waals surface area (Å²) < 4.78 is 10.6. The van der Waals surface area contributed by atoms with Crippen LogP contribution in [-0.4, -0.2) is 40.2 Å². The Hall–Kier alpha value is -7.04. The molecule has 4 N–H and O–H groups in total. The van der Waals surface area contributed by atoms with Gasteiger partial charge in [0, 0.05) is 39.2 Å². The highest BCUT2D eigenvalue weighted by atomic mass is 35.5. The number of amides is 2. The molecule has 2 amide bonds. The predicted octanol–water partition coefficient (Wildman–Crippen LogP) is 18.6. The first kappa shape index (κ1) is 69.2. The van der Waals surface area contributed by atoms with E-state index in [0.29, 0.717) is 33.6 Å². The smallest absolute Gasteiger partial charge is 0.412 e. The second kappa shape index (κ2) is 27.4. The van der Waals surface area contributed by atoms with Gasteiger partial charge in [-0.25, -0.2) is 9.59 Å². The number of carbonyl (C=O) groups excluding carboxylic acids is 5. The molecule has 0 bridgehead atoms. The quantitative estimate of drug-likeness (QED) is 0.0811. The van der Waals surface area contributed by atoms with Crippen molar-refractivity contribution in [2.45, 2.75) is 205 Å². The molecule has 0 saturated carbocycles. The van der Waals surface area contributed by atoms with Crippen LogP contribution in [0.1, 0.15) is 206 Å². The number of nitrogen functional groups attached to an aromatic ring is 1. The molecule has 10 nitrogen and oxygen atoms in total. The summed E-state index contributed by atoms with van der Waals surface area (Å²) in [6.07, 6.45) is -0.987. The lowest BCUT2D eigenvalue weighted by molar-refractivity contribution is 0.0624. The largest absolute Gasteiger partial charge is 0.444 e. The number of hydrogen-bond acceptors (Lipinski definition) is 8. The van der Waals surface area contributed by atoms with Crippen LogP contribution in [-0.2, 0) is 9.47 Å². The summed E-state index contributed by atoms with van der Waals surface area (Å²) in [6, 6.07) is 11.3. The zero-order valence-electron chi connectivity index (χ0n) is 54.8. The number of rotatable bonds is 7. The Morgan fingerprint density at radius 2 is 0.683 bits per heavy atom. The van der Waals surface area contributed by atoms with Gasteiger partial charge in [-0.1, -0.05) is 17.7 Å². The Morgan fingerprint density at radius 3 is 1.05 bits per heavy atom. The number of aryl methyl sites for hydroxylation is 3. The summed E-state index contributed by atoms with van der Waals surface area (Å²) in [5.74, 6) is -0.0501. The Labute approximate surface area is 496 Å². The minimum atomic E-state index is -0.614. The number of carbonyl (C=O) groups is 5. The van der Waals surface area contributed by atoms with E-state index in [0.717, 1.165) is 94.7 Å². The summed E-state index contributed by atoms with van der Waals surface area (Å²) in [5, 5.41) is 5.16. The van der Waals surface area contributed by atoms with Crippen molar-refractivity contribution in [3.05, 3.63) is 187 Å². The lowest BCUT2D eigenvalue weighted by Crippen LogP contribution is -2.28. The van der Waals surface area contributed by atoms with Gasteiger partial charge in [-0.15, -0.1) is 0 Å². The number of anilines is 3. The fourth-order valence-corrected chi connectivity index (χ4v) is 10.2. The number of halogens is 1. The number of ether oxygens (including phenoxy) is 2. The first-order valence-electron chi connectivity index (χ1n) is 28.0. The molecule has 0 aromatic heterocycles. The number of nitrogens with two attached hydrogens (primary N) is 1. The van der Waals surface area contributed by atoms with Gasteiger partial charge in [0.2, 0.25) is 0 Å². The molecule has 6 aromatic carbocycles. The maximum absolute atomic E-state index is 13.6. The predicted molar refractivity (Wildman–Crippen MR) is 344 cm³/mol. The van der Waals surface area contributed by atoms with Gasteiger partial charge in [0.1, 0.15) is 11.2 Å². The third-order valence-electron chi connectivity index (χ3n) is 16.9. The van der Waals surface area contributed by atoms with E-state index in [1.807, 2.05) is 162 Å². The molecule has 0 atom stereocenters. The highest BCUT2D eigenvalue weighted by Gasteiger charge is 2.26. The Balaban J connectivity index is 0.000000296. The normalized spacial score (nSPS) is 11.0. The van der Waals surface area contributed by atoms with Crippen molar-refractivity contribution in [3.8, 4) is 0 Å². The fourth-order valence-electron chi connectivity index (χ4n) is 9.91. The zero-order chi connectivity index (χ0) is 63.3. The van der Waals surface area contributed by atoms with E-state index in [1.54, 1.807) is 26.8 Å². The van der Waals surface area contributed by atoms with Crippen LogP contribution in [0.3, 0.4) is 0 Å². The molecule has 0 saturated heterocycles. The van der Waals surface area contributed by atoms with Crippen molar-refractivity contribution < 1.29 is 33.4 Å². The molecule has 0 fully saturated rings. The van der Waals surface area contributed by atoms with Gasteiger partial charge in [-0.05, 0) is 347 Å². The summed E-state index contributed by atoms with van der Waals surface area (Å²) >= 11 is 5.57. The molecule has 0 aliphatic heterocycles. The Morgan fingerprint density at radius 1 is 0.366 bits per heavy atom. The number of nitrogens with one attached hydrogen (secondary N) is 2. The maximum atomic E-state index is 13.6. The topological polar surface area (TPSA) is 154 Å². The highest BCUT2D eigenvalue weighted by molar-refractivity contribution is 6.68. The number of benzene rings is 6. The van der Waals surface area contributed by atoms with Gasteiger partial charge in [0.05, 0.1) is 5.69 Å². The minimum Gasteiger partial charge on any atom is -0.444 e. The van der Waals surface area contributed by atoms with E-state index < -0.39 is 23.4 Å². The van der Waals surface area contributed by atoms with Gasteiger partial charge >= 0.3 is 12.2 Å². The van der Waals surface area contributed by atoms with Crippen molar-refractivity contribution in [2.75, 3.05) is 16.4 Å². The van der Waals surface area contributed by atoms with Crippen LogP contribution < -0.4 is 16.4 Å². The van der Waals surface area contributed by atoms with E-state index in [1.165, 1.54) is 38.9 Å². The third-order valence-corrected chi connectivity index (χ3v) is 17.0. The lowest BCUT2D eigenvalue weighted by Gasteiger charge is -2.21. The molecule has 82 heavy (non-hydrogen) atoms. The Kier molecular flexibility index (Phi) is 23.1. The molecule has 0 unspecified atom stereocenters. The van der Waals surface area contributed by atoms with Gasteiger partial charge in [-0.2, -0.15) is 0 Å². The van der Waals surface area contributed by atoms with E-state index >= 15 is 0 Å². The summed E-state index contributed by atoms with van der Waals surface area (Å²) in [4.78, 5) is 62.0. The monoisotopic (exact) mass is 1140 g/mol. The molecular weight excluding hydrogens is 1040 g/mol. The first-order valence-corrected chi connectivity index (χ1v) is 28.4. The third kappa shape index (κ3) is 16.1. The second-order valence-corrected chi connectivity index (χ2v) is 24.7. The summed E-state index contributed by atoms with van der Waals surface area (Å²) in [7, 11) is 0. The zero-order valence-corrected chi connectivity index (χ0v) is 55.5. The molecule has 11 heteroatoms. The van der Waals surface area contributed by atoms with Gasteiger partial charge in [0.25, 0.3) is 5.24 Å². The number of ketones is 2. The maximum Gasteiger partial charge on any atom is 0.412 e. The first-order chi connectivity index (χ1) is 37.5. The SMILES string of the molecule is Cc1c(C)c(C)c(C(=O)Cl)c(C)c1C.Cc1cc(C(=O)c2c(C)c(C)c(C)c(C)c2C)c(N)c(C)c1C.Cc1ccc(NC(=O)OC(C)(C)C)c(C(=O)c2c(C)c(C)c(C)c(C)c2C)c1.Cc1ccc(NC(=O)OC(C)(C)C)c(C)c1C. The lowest BCUT2D eigenvalue weighted by atomic mass is 9.84. The molecule has 6 aromatic rings. The molecule has 0 aliphatic carbocycles. The molecule has 442 valence electrons. The van der Waals surface area contributed by atoms with E-state index in [4.69, 9.17) is 26.8 Å². The standard InChI is InChI=1S/C24H31NO3.C21H27NO.C14H21NO2.C12H15ClO/c1-13-10-11-20(25-23(27)28-24(7,8)9)19(12-13)22(26)21-17(5)15(3)14(2)16(4)18(21)6;1-10-9-18(20(22)17(8)11(10)2)21(23)19-15(6)13(4)12(3)14(5)16(19)7;1-9-7-8-12(11(3)10(9)2)15-13(16)17-14(4,5)6;1-6-7(2)9(4)11(12(13)14)10(5)8(6)3/h10-12H,1-9H3,(H,25,27);9H,22H2,1-8H3;7-8H,1-6H3,(H,15,16);1-5H3. The molecule has 0 spiro atoms. The Bertz CT molecular complexity index is 3420. The van der Waals surface area contributed by atoms with Crippen LogP contribution in [0.15, 0.2) is 36.4 Å². The summed E-state index contributed by atoms with van der Waals surface area (Å²) in [5.41, 5.74) is 34.8. The highest BCUT2D eigenvalue weighted by Crippen LogP contribution is 2.34. The van der Waals surface area contributed by atoms with Crippen molar-refractivity contribution in [1.29, 1.82) is 0 Å². The molecule has 0 heterocycles. The van der Waals surface area contributed by atoms with Crippen molar-refractivity contribution >= 4 is 57.7 Å². The van der Waals surface area contributed by atoms with E-state index in [-0.39, 0.29) is 16.8 Å². The van der Waals surface area contributed by atoms with Crippen LogP contribution in [0.25, 0.3) is 0 Å². The van der Waals surface area contributed by atoms with Crippen LogP contribution in [0.2, 0.25) is 0 Å². The van der Waals surface area contributed by atoms with E-state index in [2.05, 4.69) is 52.2 Å².